The zero-order valence-corrected chi connectivity index (χ0v) is 14.1. The van der Waals surface area contributed by atoms with Crippen LogP contribution in [0, 0.1) is 0 Å². The van der Waals surface area contributed by atoms with Crippen LogP contribution in [0.3, 0.4) is 0 Å². The Morgan fingerprint density at radius 3 is 2.41 bits per heavy atom. The Kier molecular flexibility index (Phi) is 3.42. The van der Waals surface area contributed by atoms with Crippen molar-refractivity contribution in [3.8, 4) is 0 Å². The molecule has 4 heterocycles. The maximum Gasteiger partial charge on any atom is 0.164 e. The first-order valence-corrected chi connectivity index (χ1v) is 8.59. The summed E-state index contributed by atoms with van der Waals surface area (Å²) in [6.45, 7) is 8.26. The highest BCUT2D eigenvalue weighted by molar-refractivity contribution is 7.10. The van der Waals surface area contributed by atoms with Gasteiger partial charge in [0.2, 0.25) is 0 Å². The summed E-state index contributed by atoms with van der Waals surface area (Å²) in [5.41, 5.74) is 0. The fourth-order valence-corrected chi connectivity index (χ4v) is 4.28. The molecule has 0 saturated carbocycles. The van der Waals surface area contributed by atoms with Gasteiger partial charge in [0.1, 0.15) is 30.5 Å². The maximum absolute atomic E-state index is 6.30. The number of hydrogen-bond donors (Lipinski definition) is 0. The van der Waals surface area contributed by atoms with Crippen LogP contribution in [0.1, 0.15) is 38.7 Å². The zero-order valence-electron chi connectivity index (χ0n) is 13.3. The first kappa shape index (κ1) is 15.1. The molecule has 122 valence electrons. The number of rotatable bonds is 2. The smallest absolute Gasteiger partial charge is 0.164 e. The monoisotopic (exact) mass is 326 g/mol. The van der Waals surface area contributed by atoms with E-state index in [1.807, 2.05) is 33.8 Å². The Hall–Kier alpha value is -0.500. The van der Waals surface area contributed by atoms with Gasteiger partial charge in [0.05, 0.1) is 6.61 Å². The number of thiophene rings is 1. The minimum absolute atomic E-state index is 0.106. The molecule has 3 saturated heterocycles. The molecular formula is C16H22O5S. The number of ether oxygens (including phenoxy) is 5. The first-order chi connectivity index (χ1) is 10.3. The predicted molar refractivity (Wildman–Crippen MR) is 80.7 cm³/mol. The van der Waals surface area contributed by atoms with Crippen molar-refractivity contribution in [2.45, 2.75) is 69.8 Å². The van der Waals surface area contributed by atoms with E-state index < -0.39 is 11.6 Å². The van der Waals surface area contributed by atoms with Crippen molar-refractivity contribution in [1.29, 1.82) is 0 Å². The summed E-state index contributed by atoms with van der Waals surface area (Å²) in [6.07, 6.45) is -0.662. The third-order valence-corrected chi connectivity index (χ3v) is 5.24. The van der Waals surface area contributed by atoms with E-state index in [1.165, 1.54) is 0 Å². The highest BCUT2D eigenvalue weighted by Gasteiger charge is 2.59. The van der Waals surface area contributed by atoms with Gasteiger partial charge in [-0.1, -0.05) is 6.07 Å². The lowest BCUT2D eigenvalue weighted by atomic mass is 10.0. The van der Waals surface area contributed by atoms with Crippen LogP contribution in [-0.2, 0) is 23.7 Å². The molecule has 5 nitrogen and oxygen atoms in total. The van der Waals surface area contributed by atoms with Gasteiger partial charge in [-0.15, -0.1) is 11.3 Å². The quantitative estimate of drug-likeness (QED) is 0.836. The zero-order chi connectivity index (χ0) is 15.5. The van der Waals surface area contributed by atoms with Crippen molar-refractivity contribution < 1.29 is 23.7 Å². The maximum atomic E-state index is 6.30. The van der Waals surface area contributed by atoms with Crippen molar-refractivity contribution >= 4 is 11.3 Å². The Bertz CT molecular complexity index is 541. The van der Waals surface area contributed by atoms with Gasteiger partial charge in [-0.25, -0.2) is 0 Å². The summed E-state index contributed by atoms with van der Waals surface area (Å²) in [6, 6.07) is 4.12. The van der Waals surface area contributed by atoms with Gasteiger partial charge >= 0.3 is 0 Å². The van der Waals surface area contributed by atoms with Crippen LogP contribution in [0.2, 0.25) is 0 Å². The lowest BCUT2D eigenvalue weighted by molar-refractivity contribution is -0.207. The molecule has 0 spiro atoms. The minimum Gasteiger partial charge on any atom is -0.361 e. The largest absolute Gasteiger partial charge is 0.361 e. The minimum atomic E-state index is -0.595. The number of fused-ring (bicyclic) bond motifs is 1. The van der Waals surface area contributed by atoms with E-state index in [-0.39, 0.29) is 30.5 Å². The van der Waals surface area contributed by atoms with Gasteiger partial charge in [0.25, 0.3) is 0 Å². The molecular weight excluding hydrogens is 304 g/mol. The van der Waals surface area contributed by atoms with Crippen LogP contribution in [0.25, 0.3) is 0 Å². The van der Waals surface area contributed by atoms with Gasteiger partial charge in [-0.2, -0.15) is 0 Å². The molecule has 0 aromatic carbocycles. The fourth-order valence-electron chi connectivity index (χ4n) is 3.49. The molecule has 0 aliphatic carbocycles. The Morgan fingerprint density at radius 1 is 1.00 bits per heavy atom. The Labute approximate surface area is 134 Å². The first-order valence-electron chi connectivity index (χ1n) is 7.71. The fraction of sp³-hybridized carbons (Fsp3) is 0.750. The van der Waals surface area contributed by atoms with E-state index in [0.717, 1.165) is 4.88 Å². The molecule has 0 unspecified atom stereocenters. The van der Waals surface area contributed by atoms with Gasteiger partial charge in [-0.3, -0.25) is 0 Å². The molecule has 22 heavy (non-hydrogen) atoms. The topological polar surface area (TPSA) is 46.2 Å². The van der Waals surface area contributed by atoms with E-state index in [2.05, 4.69) is 11.4 Å². The van der Waals surface area contributed by atoms with E-state index in [4.69, 9.17) is 23.7 Å². The van der Waals surface area contributed by atoms with Crippen LogP contribution >= 0.6 is 11.3 Å². The third kappa shape index (κ3) is 2.52. The van der Waals surface area contributed by atoms with E-state index in [1.54, 1.807) is 11.3 Å². The Balaban J connectivity index is 1.60. The van der Waals surface area contributed by atoms with Gasteiger partial charge in [0.15, 0.2) is 11.6 Å². The molecule has 1 aromatic rings. The second-order valence-electron chi connectivity index (χ2n) is 6.97. The predicted octanol–water partition coefficient (Wildman–Crippen LogP) is 2.86. The van der Waals surface area contributed by atoms with Crippen LogP contribution in [0.15, 0.2) is 17.5 Å². The summed E-state index contributed by atoms with van der Waals surface area (Å²) in [7, 11) is 0. The second kappa shape index (κ2) is 5.00. The van der Waals surface area contributed by atoms with E-state index in [0.29, 0.717) is 6.61 Å². The lowest BCUT2D eigenvalue weighted by Crippen LogP contribution is -2.40. The number of hydrogen-bond acceptors (Lipinski definition) is 6. The van der Waals surface area contributed by atoms with Crippen molar-refractivity contribution in [1.82, 2.24) is 0 Å². The average molecular weight is 326 g/mol. The summed E-state index contributed by atoms with van der Waals surface area (Å²) < 4.78 is 30.2. The van der Waals surface area contributed by atoms with Crippen molar-refractivity contribution in [2.75, 3.05) is 6.61 Å². The summed E-state index contributed by atoms with van der Waals surface area (Å²) in [4.78, 5) is 1.16. The van der Waals surface area contributed by atoms with Crippen LogP contribution in [-0.4, -0.2) is 42.6 Å². The molecule has 0 radical (unpaired) electrons. The molecule has 5 atom stereocenters. The third-order valence-electron chi connectivity index (χ3n) is 4.31. The molecule has 3 aliphatic heterocycles. The summed E-state index contributed by atoms with van der Waals surface area (Å²) in [5.74, 6) is -1.17. The normalized spacial score (nSPS) is 42.6. The second-order valence-corrected chi connectivity index (χ2v) is 7.95. The van der Waals surface area contributed by atoms with Crippen LogP contribution in [0.4, 0.5) is 0 Å². The standard InChI is InChI=1S/C16H22O5S/c1-15(2)17-8-9(19-15)11-13-14(21-16(3,4)20-13)12(18-11)10-6-5-7-22-10/h5-7,9,11-14H,8H2,1-4H3/t9-,11-,12-,13+,14-/m1/s1. The van der Waals surface area contributed by atoms with E-state index >= 15 is 0 Å². The van der Waals surface area contributed by atoms with Crippen molar-refractivity contribution in [2.24, 2.45) is 0 Å². The van der Waals surface area contributed by atoms with Gasteiger partial charge < -0.3 is 23.7 Å². The van der Waals surface area contributed by atoms with Gasteiger partial charge in [0, 0.05) is 4.88 Å². The highest BCUT2D eigenvalue weighted by Crippen LogP contribution is 2.48. The lowest BCUT2D eigenvalue weighted by Gasteiger charge is -2.26. The molecule has 6 heteroatoms. The summed E-state index contributed by atoms with van der Waals surface area (Å²) >= 11 is 1.68. The average Bonchev–Trinajstić information content (AvgIpc) is 3.12. The molecule has 3 aliphatic rings. The molecule has 0 bridgehead atoms. The van der Waals surface area contributed by atoms with E-state index in [9.17, 15) is 0 Å². The van der Waals surface area contributed by atoms with Gasteiger partial charge in [-0.05, 0) is 39.1 Å². The molecule has 4 rings (SSSR count). The highest BCUT2D eigenvalue weighted by atomic mass is 32.1. The summed E-state index contributed by atoms with van der Waals surface area (Å²) in [5, 5.41) is 2.06. The van der Waals surface area contributed by atoms with Crippen molar-refractivity contribution in [3.63, 3.8) is 0 Å². The molecule has 0 N–H and O–H groups in total. The van der Waals surface area contributed by atoms with Crippen LogP contribution < -0.4 is 0 Å². The van der Waals surface area contributed by atoms with Crippen LogP contribution in [0.5, 0.6) is 0 Å². The van der Waals surface area contributed by atoms with Crippen molar-refractivity contribution in [3.05, 3.63) is 22.4 Å². The SMILES string of the molecule is CC1(C)O[C@@H]2[C@H](O1)[C@@H](c1cccs1)O[C@@H]2[C@H]1COC(C)(C)O1. The molecule has 0 amide bonds. The Morgan fingerprint density at radius 2 is 1.77 bits per heavy atom. The molecule has 3 fully saturated rings. The molecule has 1 aromatic heterocycles.